The Balaban J connectivity index is 1.82. The first kappa shape index (κ1) is 31.0. The number of aromatic hydroxyl groups is 1. The van der Waals surface area contributed by atoms with E-state index in [0.717, 1.165) is 11.1 Å². The van der Waals surface area contributed by atoms with Crippen molar-refractivity contribution in [2.75, 3.05) is 26.4 Å². The second kappa shape index (κ2) is 13.7. The van der Waals surface area contributed by atoms with E-state index in [0.29, 0.717) is 54.9 Å². The van der Waals surface area contributed by atoms with E-state index in [1.165, 1.54) is 4.80 Å². The van der Waals surface area contributed by atoms with Crippen molar-refractivity contribution < 1.29 is 23.2 Å². The molecule has 0 aliphatic carbocycles. The molecule has 1 heterocycles. The summed E-state index contributed by atoms with van der Waals surface area (Å²) in [5.41, 5.74) is 2.60. The topological polar surface area (TPSA) is 108 Å². The second-order valence-corrected chi connectivity index (χ2v) is 13.5. The van der Waals surface area contributed by atoms with Crippen LogP contribution in [0.1, 0.15) is 65.0 Å². The zero-order chi connectivity index (χ0) is 28.6. The van der Waals surface area contributed by atoms with E-state index >= 15 is 0 Å². The fraction of sp³-hybridized carbons (Fsp3) is 0.536. The van der Waals surface area contributed by atoms with Crippen molar-refractivity contribution in [1.29, 1.82) is 0 Å². The molecular formula is C28H41ClN4O5Si. The van der Waals surface area contributed by atoms with Gasteiger partial charge in [-0.2, -0.15) is 15.0 Å². The van der Waals surface area contributed by atoms with Crippen molar-refractivity contribution in [2.45, 2.75) is 71.9 Å². The van der Waals surface area contributed by atoms with E-state index in [9.17, 15) is 9.90 Å². The number of aromatic nitrogens is 3. The summed E-state index contributed by atoms with van der Waals surface area (Å²) in [6.45, 7) is 14.0. The van der Waals surface area contributed by atoms with Crippen LogP contribution >= 0.6 is 11.6 Å². The predicted molar refractivity (Wildman–Crippen MR) is 155 cm³/mol. The lowest BCUT2D eigenvalue weighted by molar-refractivity contribution is -0.123. The summed E-state index contributed by atoms with van der Waals surface area (Å²) in [5, 5.41) is 23.3. The number of halogens is 1. The Morgan fingerprint density at radius 3 is 2.28 bits per heavy atom. The molecule has 0 radical (unpaired) electrons. The van der Waals surface area contributed by atoms with Gasteiger partial charge in [0.05, 0.1) is 12.5 Å². The first-order chi connectivity index (χ1) is 18.5. The molecule has 2 aromatic carbocycles. The number of hydrogen-bond donors (Lipinski definition) is 2. The molecular weight excluding hydrogens is 536 g/mol. The van der Waals surface area contributed by atoms with Crippen LogP contribution in [0.25, 0.3) is 11.0 Å². The predicted octanol–water partition coefficient (Wildman–Crippen LogP) is 5.43. The fourth-order valence-electron chi connectivity index (χ4n) is 4.53. The van der Waals surface area contributed by atoms with E-state index in [4.69, 9.17) is 24.9 Å². The number of amides is 1. The van der Waals surface area contributed by atoms with Crippen LogP contribution in [0.4, 0.5) is 0 Å². The van der Waals surface area contributed by atoms with Gasteiger partial charge in [0, 0.05) is 37.4 Å². The maximum absolute atomic E-state index is 13.6. The minimum Gasteiger partial charge on any atom is -0.508 e. The number of nitrogens with one attached hydrogen (secondary N) is 1. The van der Waals surface area contributed by atoms with Gasteiger partial charge in [-0.1, -0.05) is 44.5 Å². The fourth-order valence-corrected chi connectivity index (χ4v) is 7.31. The van der Waals surface area contributed by atoms with Crippen molar-refractivity contribution in [3.05, 3.63) is 52.5 Å². The number of phenolic OH excluding ortho intramolecular Hbond substituents is 1. The van der Waals surface area contributed by atoms with Gasteiger partial charge in [-0.25, -0.2) is 0 Å². The number of rotatable bonds is 14. The first-order valence-corrected chi connectivity index (χ1v) is 15.9. The van der Waals surface area contributed by atoms with Crippen molar-refractivity contribution in [3.63, 3.8) is 0 Å². The van der Waals surface area contributed by atoms with E-state index in [-0.39, 0.29) is 23.6 Å². The summed E-state index contributed by atoms with van der Waals surface area (Å²) >= 11 is 6.13. The molecule has 9 nitrogen and oxygen atoms in total. The van der Waals surface area contributed by atoms with Crippen molar-refractivity contribution >= 4 is 37.3 Å². The monoisotopic (exact) mass is 576 g/mol. The van der Waals surface area contributed by atoms with Crippen LogP contribution < -0.4 is 5.32 Å². The number of carbonyl (C=O) groups is 1. The van der Waals surface area contributed by atoms with E-state index < -0.39 is 14.7 Å². The van der Waals surface area contributed by atoms with Crippen molar-refractivity contribution in [1.82, 2.24) is 20.3 Å². The van der Waals surface area contributed by atoms with Crippen LogP contribution in [-0.2, 0) is 30.0 Å². The van der Waals surface area contributed by atoms with Gasteiger partial charge in [0.15, 0.2) is 0 Å². The molecule has 214 valence electrons. The van der Waals surface area contributed by atoms with Crippen molar-refractivity contribution in [3.8, 4) is 5.75 Å². The lowest BCUT2D eigenvalue weighted by atomic mass is 9.83. The summed E-state index contributed by atoms with van der Waals surface area (Å²) in [6.07, 6.45) is 0.649. The van der Waals surface area contributed by atoms with Gasteiger partial charge in [0.2, 0.25) is 5.91 Å². The largest absolute Gasteiger partial charge is 0.508 e. The maximum Gasteiger partial charge on any atom is 0.500 e. The smallest absolute Gasteiger partial charge is 0.500 e. The molecule has 11 heteroatoms. The van der Waals surface area contributed by atoms with Gasteiger partial charge < -0.3 is 23.7 Å². The SMILES string of the molecule is CCO[Si](CCCNC(=O)C(Cn1nc2ccc(Cl)cc2n1)c1ccc(O)c(C(C)(C)C)c1)(OCC)OCC. The minimum absolute atomic E-state index is 0.156. The Labute approximate surface area is 237 Å². The Morgan fingerprint density at radius 2 is 1.67 bits per heavy atom. The van der Waals surface area contributed by atoms with E-state index in [1.807, 2.05) is 47.6 Å². The molecule has 3 aromatic rings. The third-order valence-electron chi connectivity index (χ3n) is 6.33. The zero-order valence-electron chi connectivity index (χ0n) is 23.8. The maximum atomic E-state index is 13.6. The van der Waals surface area contributed by atoms with E-state index in [1.54, 1.807) is 30.3 Å². The van der Waals surface area contributed by atoms with Crippen LogP contribution in [0.15, 0.2) is 36.4 Å². The summed E-state index contributed by atoms with van der Waals surface area (Å²) in [7, 11) is -2.79. The van der Waals surface area contributed by atoms with Crippen LogP contribution in [0.2, 0.25) is 11.1 Å². The summed E-state index contributed by atoms with van der Waals surface area (Å²) < 4.78 is 17.8. The highest BCUT2D eigenvalue weighted by Crippen LogP contribution is 2.34. The van der Waals surface area contributed by atoms with E-state index in [2.05, 4.69) is 15.5 Å². The lowest BCUT2D eigenvalue weighted by Gasteiger charge is -2.28. The standard InChI is InChI=1S/C28H41ClN4O5Si/c1-7-36-39(37-8-2,38-9-3)16-10-15-30-27(35)22(20-11-14-26(34)23(17-20)28(4,5)6)19-33-31-24-13-12-21(29)18-25(24)32-33/h11-14,17-18,22,34H,7-10,15-16,19H2,1-6H3,(H,30,35). The molecule has 3 rings (SSSR count). The molecule has 0 aliphatic rings. The van der Waals surface area contributed by atoms with Crippen LogP contribution in [0.3, 0.4) is 0 Å². The molecule has 2 N–H and O–H groups in total. The second-order valence-electron chi connectivity index (χ2n) is 10.3. The van der Waals surface area contributed by atoms with Gasteiger partial charge in [-0.3, -0.25) is 4.79 Å². The molecule has 1 amide bonds. The number of hydrogen-bond acceptors (Lipinski definition) is 7. The lowest BCUT2D eigenvalue weighted by Crippen LogP contribution is -2.46. The molecule has 0 bridgehead atoms. The van der Waals surface area contributed by atoms with Crippen LogP contribution in [0.5, 0.6) is 5.75 Å². The molecule has 0 saturated heterocycles. The highest BCUT2D eigenvalue weighted by atomic mass is 35.5. The Kier molecular flexibility index (Phi) is 10.9. The van der Waals surface area contributed by atoms with Gasteiger partial charge >= 0.3 is 8.80 Å². The molecule has 1 unspecified atom stereocenters. The average Bonchev–Trinajstić information content (AvgIpc) is 3.27. The van der Waals surface area contributed by atoms with Gasteiger partial charge in [0.25, 0.3) is 0 Å². The minimum atomic E-state index is -2.79. The molecule has 0 aliphatic heterocycles. The number of carbonyl (C=O) groups excluding carboxylic acids is 1. The van der Waals surface area contributed by atoms with Crippen LogP contribution in [-0.4, -0.2) is 61.2 Å². The Bertz CT molecular complexity index is 1230. The average molecular weight is 577 g/mol. The molecule has 39 heavy (non-hydrogen) atoms. The number of benzene rings is 2. The Morgan fingerprint density at radius 1 is 1.03 bits per heavy atom. The number of phenols is 1. The summed E-state index contributed by atoms with van der Waals surface area (Å²) in [5.74, 6) is -0.542. The molecule has 0 spiro atoms. The van der Waals surface area contributed by atoms with Gasteiger partial charge in [-0.15, -0.1) is 0 Å². The number of nitrogens with zero attached hydrogens (tertiary/aromatic N) is 3. The normalized spacial score (nSPS) is 13.1. The highest BCUT2D eigenvalue weighted by Gasteiger charge is 2.39. The molecule has 0 saturated carbocycles. The molecule has 1 aromatic heterocycles. The van der Waals surface area contributed by atoms with Crippen molar-refractivity contribution in [2.24, 2.45) is 0 Å². The summed E-state index contributed by atoms with van der Waals surface area (Å²) in [4.78, 5) is 15.2. The first-order valence-electron chi connectivity index (χ1n) is 13.5. The zero-order valence-corrected chi connectivity index (χ0v) is 25.5. The third-order valence-corrected chi connectivity index (χ3v) is 9.72. The highest BCUT2D eigenvalue weighted by molar-refractivity contribution is 6.60. The molecule has 0 fully saturated rings. The van der Waals surface area contributed by atoms with Crippen LogP contribution in [0, 0.1) is 0 Å². The summed E-state index contributed by atoms with van der Waals surface area (Å²) in [6, 6.07) is 11.3. The van der Waals surface area contributed by atoms with Gasteiger partial charge in [0.1, 0.15) is 16.8 Å². The Hall–Kier alpha value is -2.50. The molecule has 1 atom stereocenters. The quantitative estimate of drug-likeness (QED) is 0.195. The third kappa shape index (κ3) is 8.25. The van der Waals surface area contributed by atoms with Gasteiger partial charge in [-0.05, 0) is 68.0 Å². The number of fused-ring (bicyclic) bond motifs is 1.